The van der Waals surface area contributed by atoms with Crippen molar-refractivity contribution < 1.29 is 9.18 Å². The average molecular weight is 549 g/mol. The predicted molar refractivity (Wildman–Crippen MR) is 153 cm³/mol. The van der Waals surface area contributed by atoms with Crippen LogP contribution in [-0.4, -0.2) is 46.9 Å². The third kappa shape index (κ3) is 5.13. The minimum Gasteiger partial charge on any atom is -0.369 e. The molecule has 2 N–H and O–H groups in total. The van der Waals surface area contributed by atoms with Gasteiger partial charge in [0.2, 0.25) is 0 Å². The van der Waals surface area contributed by atoms with Crippen molar-refractivity contribution in [2.24, 2.45) is 0 Å². The van der Waals surface area contributed by atoms with E-state index in [4.69, 9.17) is 0 Å². The molecule has 0 saturated carbocycles. The molecule has 38 heavy (non-hydrogen) atoms. The molecule has 1 atom stereocenters. The Hall–Kier alpha value is -3.79. The van der Waals surface area contributed by atoms with E-state index in [0.717, 1.165) is 43.0 Å². The zero-order chi connectivity index (χ0) is 25.2. The van der Waals surface area contributed by atoms with Crippen molar-refractivity contribution in [1.29, 1.82) is 0 Å². The lowest BCUT2D eigenvalue weighted by Crippen LogP contribution is -2.43. The molecule has 194 valence electrons. The van der Waals surface area contributed by atoms with Crippen LogP contribution in [0.2, 0.25) is 0 Å². The third-order valence-corrected chi connectivity index (χ3v) is 7.27. The lowest BCUT2D eigenvalue weighted by atomic mass is 10.0. The predicted octanol–water partition coefficient (Wildman–Crippen LogP) is 5.36. The van der Waals surface area contributed by atoms with Crippen LogP contribution in [0.15, 0.2) is 84.5 Å². The molecule has 6 rings (SSSR count). The molecule has 1 unspecified atom stereocenters. The van der Waals surface area contributed by atoms with Crippen LogP contribution in [0.3, 0.4) is 0 Å². The van der Waals surface area contributed by atoms with Gasteiger partial charge in [0, 0.05) is 60.6 Å². The lowest BCUT2D eigenvalue weighted by Gasteiger charge is -2.29. The highest BCUT2D eigenvalue weighted by atomic mass is 35.5. The number of piperazine rings is 1. The van der Waals surface area contributed by atoms with Gasteiger partial charge in [0.15, 0.2) is 17.0 Å². The molecule has 0 spiro atoms. The minimum atomic E-state index is -0.779. The number of carbonyl (C=O) groups excluding carboxylic acids is 1. The van der Waals surface area contributed by atoms with Gasteiger partial charge in [-0.3, -0.25) is 14.8 Å². The first-order valence-electron chi connectivity index (χ1n) is 12.2. The number of benzene rings is 3. The topological polar surface area (TPSA) is 75.1 Å². The van der Waals surface area contributed by atoms with Gasteiger partial charge in [-0.1, -0.05) is 54.6 Å². The first-order valence-corrected chi connectivity index (χ1v) is 13.0. The molecule has 10 heteroatoms. The first kappa shape index (κ1) is 25.8. The second-order valence-electron chi connectivity index (χ2n) is 8.90. The zero-order valence-corrected chi connectivity index (χ0v) is 22.0. The number of thiazole rings is 1. The van der Waals surface area contributed by atoms with Gasteiger partial charge < -0.3 is 10.2 Å². The Morgan fingerprint density at radius 2 is 1.79 bits per heavy atom. The van der Waals surface area contributed by atoms with Crippen molar-refractivity contribution >= 4 is 51.4 Å². The molecule has 0 aliphatic carbocycles. The quantitative estimate of drug-likeness (QED) is 0.299. The summed E-state index contributed by atoms with van der Waals surface area (Å²) in [7, 11) is 0. The number of carbonyl (C=O) groups is 1. The van der Waals surface area contributed by atoms with Crippen molar-refractivity contribution in [3.05, 3.63) is 95.9 Å². The monoisotopic (exact) mass is 548 g/mol. The van der Waals surface area contributed by atoms with E-state index in [1.54, 1.807) is 23.8 Å². The van der Waals surface area contributed by atoms with E-state index in [-0.39, 0.29) is 23.8 Å². The van der Waals surface area contributed by atoms with Crippen LogP contribution < -0.4 is 15.5 Å². The summed E-state index contributed by atoms with van der Waals surface area (Å²) < 4.78 is 17.3. The highest BCUT2D eigenvalue weighted by Crippen LogP contribution is 2.31. The van der Waals surface area contributed by atoms with Crippen molar-refractivity contribution in [3.8, 4) is 11.1 Å². The maximum Gasteiger partial charge on any atom is 0.255 e. The SMILES string of the molecule is Cl.O=C(Nc1nccs1)C(c1ccccc1)n1cc2ccc(-c3ccc(N4CCNCC4)cc3)c(F)c2n1. The summed E-state index contributed by atoms with van der Waals surface area (Å²) in [5.41, 5.74) is 3.37. The van der Waals surface area contributed by atoms with Gasteiger partial charge >= 0.3 is 0 Å². The van der Waals surface area contributed by atoms with E-state index in [2.05, 4.69) is 25.6 Å². The summed E-state index contributed by atoms with van der Waals surface area (Å²) >= 11 is 1.34. The number of halogens is 2. The standard InChI is InChI=1S/C28H25FN6OS.ClH/c29-24-23(19-6-9-22(10-7-19)34-15-12-30-13-16-34)11-8-21-18-35(33-25(21)24)26(20-4-2-1-3-5-20)27(36)32-28-31-14-17-37-28;/h1-11,14,17-18,26,30H,12-13,15-16H2,(H,31,32,36);1H. The maximum atomic E-state index is 15.8. The lowest BCUT2D eigenvalue weighted by molar-refractivity contribution is -0.118. The van der Waals surface area contributed by atoms with Gasteiger partial charge in [0.1, 0.15) is 5.52 Å². The van der Waals surface area contributed by atoms with Gasteiger partial charge in [-0.2, -0.15) is 5.10 Å². The Kier molecular flexibility index (Phi) is 7.69. The number of nitrogens with zero attached hydrogens (tertiary/aromatic N) is 4. The molecule has 3 heterocycles. The van der Waals surface area contributed by atoms with Crippen LogP contribution in [0.5, 0.6) is 0 Å². The number of hydrogen-bond donors (Lipinski definition) is 2. The van der Waals surface area contributed by atoms with Crippen LogP contribution >= 0.6 is 23.7 Å². The molecular weight excluding hydrogens is 523 g/mol. The fourth-order valence-corrected chi connectivity index (χ4v) is 5.25. The van der Waals surface area contributed by atoms with Crippen LogP contribution in [0.4, 0.5) is 15.2 Å². The summed E-state index contributed by atoms with van der Waals surface area (Å²) in [6.45, 7) is 3.83. The second-order valence-corrected chi connectivity index (χ2v) is 9.79. The Bertz CT molecular complexity index is 1520. The van der Waals surface area contributed by atoms with E-state index in [0.29, 0.717) is 16.1 Å². The molecule has 7 nitrogen and oxygen atoms in total. The molecule has 0 bridgehead atoms. The van der Waals surface area contributed by atoms with E-state index in [1.165, 1.54) is 16.0 Å². The van der Waals surface area contributed by atoms with E-state index < -0.39 is 11.9 Å². The fraction of sp³-hybridized carbons (Fsp3) is 0.179. The van der Waals surface area contributed by atoms with Crippen LogP contribution in [0.25, 0.3) is 22.0 Å². The molecule has 5 aromatic rings. The number of anilines is 2. The van der Waals surface area contributed by atoms with E-state index >= 15 is 4.39 Å². The Morgan fingerprint density at radius 3 is 2.50 bits per heavy atom. The molecule has 1 fully saturated rings. The molecule has 1 amide bonds. The van der Waals surface area contributed by atoms with Crippen molar-refractivity contribution in [1.82, 2.24) is 20.1 Å². The molecule has 1 saturated heterocycles. The number of nitrogens with one attached hydrogen (secondary N) is 2. The average Bonchev–Trinajstić information content (AvgIpc) is 3.61. The third-order valence-electron chi connectivity index (χ3n) is 6.59. The van der Waals surface area contributed by atoms with E-state index in [9.17, 15) is 4.79 Å². The highest BCUT2D eigenvalue weighted by molar-refractivity contribution is 7.13. The number of fused-ring (bicyclic) bond motifs is 1. The summed E-state index contributed by atoms with van der Waals surface area (Å²) in [5.74, 6) is -0.698. The number of hydrogen-bond acceptors (Lipinski definition) is 6. The van der Waals surface area contributed by atoms with Crippen molar-refractivity contribution in [2.75, 3.05) is 36.4 Å². The number of aromatic nitrogens is 3. The minimum absolute atomic E-state index is 0. The molecule has 3 aromatic carbocycles. The Balaban J connectivity index is 0.00000294. The van der Waals surface area contributed by atoms with E-state index in [1.807, 2.05) is 60.7 Å². The van der Waals surface area contributed by atoms with Crippen molar-refractivity contribution in [3.63, 3.8) is 0 Å². The molecule has 1 aliphatic heterocycles. The zero-order valence-electron chi connectivity index (χ0n) is 20.4. The number of rotatable bonds is 6. The molecular formula is C28H26ClFN6OS. The molecule has 1 aliphatic rings. The van der Waals surface area contributed by atoms with Gasteiger partial charge in [-0.25, -0.2) is 9.37 Å². The maximum absolute atomic E-state index is 15.8. The Labute approximate surface area is 229 Å². The van der Waals surface area contributed by atoms with Gasteiger partial charge in [0.05, 0.1) is 0 Å². The Morgan fingerprint density at radius 1 is 1.03 bits per heavy atom. The summed E-state index contributed by atoms with van der Waals surface area (Å²) in [4.78, 5) is 19.8. The van der Waals surface area contributed by atoms with Crippen molar-refractivity contribution in [2.45, 2.75) is 6.04 Å². The van der Waals surface area contributed by atoms with Gasteiger partial charge in [0.25, 0.3) is 5.91 Å². The summed E-state index contributed by atoms with van der Waals surface area (Å²) in [6.07, 6.45) is 3.35. The second kappa shape index (κ2) is 11.3. The number of amides is 1. The normalized spacial score (nSPS) is 14.2. The first-order chi connectivity index (χ1) is 18.2. The highest BCUT2D eigenvalue weighted by Gasteiger charge is 2.26. The molecule has 0 radical (unpaired) electrons. The van der Waals surface area contributed by atoms with Gasteiger partial charge in [-0.15, -0.1) is 23.7 Å². The smallest absolute Gasteiger partial charge is 0.255 e. The van der Waals surface area contributed by atoms with Gasteiger partial charge in [-0.05, 0) is 23.3 Å². The van der Waals surface area contributed by atoms with Crippen LogP contribution in [0, 0.1) is 5.82 Å². The molecule has 2 aromatic heterocycles. The summed E-state index contributed by atoms with van der Waals surface area (Å²) in [5, 5.41) is 13.7. The summed E-state index contributed by atoms with van der Waals surface area (Å²) in [6, 6.07) is 20.2. The largest absolute Gasteiger partial charge is 0.369 e. The van der Waals surface area contributed by atoms with Crippen LogP contribution in [-0.2, 0) is 4.79 Å². The van der Waals surface area contributed by atoms with Crippen LogP contribution in [0.1, 0.15) is 11.6 Å². The fourth-order valence-electron chi connectivity index (χ4n) is 4.72.